The van der Waals surface area contributed by atoms with Crippen molar-refractivity contribution in [1.82, 2.24) is 14.3 Å². The van der Waals surface area contributed by atoms with E-state index in [-0.39, 0.29) is 24.5 Å². The van der Waals surface area contributed by atoms with Gasteiger partial charge in [0.1, 0.15) is 0 Å². The Morgan fingerprint density at radius 1 is 0.800 bits per heavy atom. The number of aromatic nitrogens is 2. The molecule has 0 atom stereocenters. The van der Waals surface area contributed by atoms with Crippen LogP contribution in [0.1, 0.15) is 23.1 Å². The minimum absolute atomic E-state index is 0.0166. The van der Waals surface area contributed by atoms with Crippen molar-refractivity contribution in [3.63, 3.8) is 0 Å². The van der Waals surface area contributed by atoms with Crippen molar-refractivity contribution in [1.29, 1.82) is 0 Å². The van der Waals surface area contributed by atoms with Crippen LogP contribution in [0, 0.1) is 0 Å². The Kier molecular flexibility index (Phi) is 7.64. The molecule has 7 nitrogen and oxygen atoms in total. The molecule has 0 bridgehead atoms. The quantitative estimate of drug-likeness (QED) is 0.352. The highest BCUT2D eigenvalue weighted by molar-refractivity contribution is 7.89. The fourth-order valence-corrected chi connectivity index (χ4v) is 5.08. The van der Waals surface area contributed by atoms with Crippen molar-refractivity contribution in [2.24, 2.45) is 0 Å². The zero-order valence-electron chi connectivity index (χ0n) is 19.0. The molecule has 4 rings (SSSR count). The fourth-order valence-electron chi connectivity index (χ4n) is 3.74. The Morgan fingerprint density at radius 3 is 2.26 bits per heavy atom. The molecule has 8 heteroatoms. The minimum Gasteiger partial charge on any atom is -0.481 e. The lowest BCUT2D eigenvalue weighted by molar-refractivity contribution is -0.136. The first-order valence-corrected chi connectivity index (χ1v) is 12.6. The van der Waals surface area contributed by atoms with Crippen molar-refractivity contribution in [3.05, 3.63) is 114 Å². The summed E-state index contributed by atoms with van der Waals surface area (Å²) < 4.78 is 28.4. The van der Waals surface area contributed by atoms with E-state index in [1.54, 1.807) is 24.5 Å². The average Bonchev–Trinajstić information content (AvgIpc) is 2.89. The second kappa shape index (κ2) is 11.0. The maximum absolute atomic E-state index is 13.5. The van der Waals surface area contributed by atoms with Crippen LogP contribution in [0.3, 0.4) is 0 Å². The summed E-state index contributed by atoms with van der Waals surface area (Å²) in [6.45, 7) is 0.287. The third kappa shape index (κ3) is 6.38. The van der Waals surface area contributed by atoms with E-state index in [0.717, 1.165) is 27.8 Å². The van der Waals surface area contributed by atoms with Crippen LogP contribution in [0.4, 0.5) is 0 Å². The molecule has 0 aliphatic rings. The second-order valence-corrected chi connectivity index (χ2v) is 9.98. The largest absolute Gasteiger partial charge is 0.481 e. The van der Waals surface area contributed by atoms with Crippen LogP contribution >= 0.6 is 0 Å². The van der Waals surface area contributed by atoms with Crippen molar-refractivity contribution in [2.45, 2.75) is 31.0 Å². The Hall–Kier alpha value is -3.88. The summed E-state index contributed by atoms with van der Waals surface area (Å²) in [5.41, 5.74) is 4.43. The van der Waals surface area contributed by atoms with Crippen LogP contribution in [0.25, 0.3) is 11.1 Å². The number of benzene rings is 2. The molecule has 0 aliphatic heterocycles. The smallest absolute Gasteiger partial charge is 0.303 e. The molecule has 35 heavy (non-hydrogen) atoms. The van der Waals surface area contributed by atoms with Crippen LogP contribution in [-0.2, 0) is 34.3 Å². The first-order chi connectivity index (χ1) is 16.9. The van der Waals surface area contributed by atoms with Gasteiger partial charge in [0.25, 0.3) is 10.0 Å². The number of hydrogen-bond acceptors (Lipinski definition) is 5. The maximum atomic E-state index is 13.5. The zero-order chi connectivity index (χ0) is 24.7. The third-order valence-corrected chi connectivity index (χ3v) is 7.24. The molecular weight excluding hydrogens is 462 g/mol. The molecule has 0 aliphatic carbocycles. The van der Waals surface area contributed by atoms with Gasteiger partial charge in [-0.25, -0.2) is 13.4 Å². The van der Waals surface area contributed by atoms with Crippen LogP contribution in [-0.4, -0.2) is 33.8 Å². The molecule has 0 spiro atoms. The first-order valence-electron chi connectivity index (χ1n) is 11.1. The maximum Gasteiger partial charge on any atom is 0.303 e. The minimum atomic E-state index is -3.88. The molecule has 0 amide bonds. The highest BCUT2D eigenvalue weighted by Crippen LogP contribution is 2.23. The third-order valence-electron chi connectivity index (χ3n) is 5.53. The van der Waals surface area contributed by atoms with Crippen molar-refractivity contribution >= 4 is 16.0 Å². The van der Waals surface area contributed by atoms with Gasteiger partial charge in [-0.15, -0.1) is 0 Å². The van der Waals surface area contributed by atoms with Crippen LogP contribution in [0.2, 0.25) is 0 Å². The van der Waals surface area contributed by atoms with Gasteiger partial charge in [0.15, 0.2) is 5.03 Å². The molecule has 2 aromatic heterocycles. The van der Waals surface area contributed by atoms with Gasteiger partial charge in [-0.05, 0) is 52.4 Å². The Labute approximate surface area is 204 Å². The van der Waals surface area contributed by atoms with Crippen molar-refractivity contribution < 1.29 is 18.3 Å². The molecule has 2 heterocycles. The first kappa shape index (κ1) is 24.3. The van der Waals surface area contributed by atoms with E-state index >= 15 is 0 Å². The molecule has 0 fully saturated rings. The summed E-state index contributed by atoms with van der Waals surface area (Å²) in [4.78, 5) is 19.2. The summed E-state index contributed by atoms with van der Waals surface area (Å²) in [5, 5.41) is 8.96. The van der Waals surface area contributed by atoms with Crippen molar-refractivity contribution in [3.8, 4) is 11.1 Å². The van der Waals surface area contributed by atoms with Crippen molar-refractivity contribution in [2.75, 3.05) is 0 Å². The number of aliphatic carboxylic acids is 1. The predicted octanol–water partition coefficient (Wildman–Crippen LogP) is 4.55. The lowest BCUT2D eigenvalue weighted by Gasteiger charge is -2.22. The molecule has 1 N–H and O–H groups in total. The number of nitrogens with zero attached hydrogens (tertiary/aromatic N) is 3. The summed E-state index contributed by atoms with van der Waals surface area (Å²) >= 11 is 0. The van der Waals surface area contributed by atoms with E-state index in [9.17, 15) is 13.2 Å². The normalized spacial score (nSPS) is 11.5. The molecule has 2 aromatic carbocycles. The van der Waals surface area contributed by atoms with Gasteiger partial charge in [0.05, 0.1) is 0 Å². The SMILES string of the molecule is O=C(O)CCc1cccc(CN(Cc2ccc(-c3cccnc3)cc2)S(=O)(=O)c2ccccn2)c1. The monoisotopic (exact) mass is 487 g/mol. The summed E-state index contributed by atoms with van der Waals surface area (Å²) in [6.07, 6.45) is 5.36. The van der Waals surface area contributed by atoms with Crippen LogP contribution in [0.5, 0.6) is 0 Å². The van der Waals surface area contributed by atoms with E-state index < -0.39 is 16.0 Å². The van der Waals surface area contributed by atoms with Crippen LogP contribution in [0.15, 0.2) is 102 Å². The number of carbonyl (C=O) groups is 1. The number of pyridine rings is 2. The summed E-state index contributed by atoms with van der Waals surface area (Å²) in [6, 6.07) is 23.7. The molecule has 0 radical (unpaired) electrons. The Balaban J connectivity index is 1.61. The average molecular weight is 488 g/mol. The molecule has 4 aromatic rings. The van der Waals surface area contributed by atoms with E-state index in [0.29, 0.717) is 6.42 Å². The molecule has 0 unspecified atom stereocenters. The van der Waals surface area contributed by atoms with Crippen LogP contribution < -0.4 is 0 Å². The molecular formula is C27H25N3O4S. The highest BCUT2D eigenvalue weighted by Gasteiger charge is 2.26. The number of hydrogen-bond donors (Lipinski definition) is 1. The standard InChI is InChI=1S/C27H25N3O4S/c31-27(32)14-11-21-5-3-6-23(17-21)20-30(35(33,34)26-8-1-2-16-29-26)19-22-9-12-24(13-10-22)25-7-4-15-28-18-25/h1-10,12-13,15-18H,11,14,19-20H2,(H,31,32). The number of rotatable bonds is 10. The Morgan fingerprint density at radius 2 is 1.57 bits per heavy atom. The van der Waals surface area contributed by atoms with E-state index in [4.69, 9.17) is 5.11 Å². The van der Waals surface area contributed by atoms with Gasteiger partial charge < -0.3 is 5.11 Å². The zero-order valence-corrected chi connectivity index (χ0v) is 19.8. The highest BCUT2D eigenvalue weighted by atomic mass is 32.2. The molecule has 178 valence electrons. The number of carboxylic acid groups (broad SMARTS) is 1. The van der Waals surface area contributed by atoms with E-state index in [1.165, 1.54) is 16.6 Å². The second-order valence-electron chi connectivity index (χ2n) is 8.09. The predicted molar refractivity (Wildman–Crippen MR) is 133 cm³/mol. The fraction of sp³-hybridized carbons (Fsp3) is 0.148. The lowest BCUT2D eigenvalue weighted by atomic mass is 10.1. The topological polar surface area (TPSA) is 100 Å². The van der Waals surface area contributed by atoms with Gasteiger partial charge >= 0.3 is 5.97 Å². The van der Waals surface area contributed by atoms with E-state index in [1.807, 2.05) is 60.7 Å². The van der Waals surface area contributed by atoms with Gasteiger partial charge in [-0.3, -0.25) is 9.78 Å². The molecule has 0 saturated carbocycles. The summed E-state index contributed by atoms with van der Waals surface area (Å²) in [7, 11) is -3.88. The number of aryl methyl sites for hydroxylation is 1. The number of carboxylic acids is 1. The molecule has 0 saturated heterocycles. The van der Waals surface area contributed by atoms with Gasteiger partial charge in [0.2, 0.25) is 0 Å². The Bertz CT molecular complexity index is 1380. The lowest BCUT2D eigenvalue weighted by Crippen LogP contribution is -2.31. The van der Waals surface area contributed by atoms with E-state index in [2.05, 4.69) is 9.97 Å². The van der Waals surface area contributed by atoms with Gasteiger partial charge in [-0.1, -0.05) is 60.7 Å². The van der Waals surface area contributed by atoms with Gasteiger partial charge in [0, 0.05) is 38.1 Å². The number of sulfonamides is 1. The van der Waals surface area contributed by atoms with Gasteiger partial charge in [-0.2, -0.15) is 4.31 Å². The summed E-state index contributed by atoms with van der Waals surface area (Å²) in [5.74, 6) is -0.871.